The minimum Gasteiger partial charge on any atom is -0.337 e. The number of nitrogens with zero attached hydrogens (tertiary/aromatic N) is 3. The monoisotopic (exact) mass is 398 g/mol. The van der Waals surface area contributed by atoms with Crippen molar-refractivity contribution < 1.29 is 18.0 Å². The predicted octanol–water partition coefficient (Wildman–Crippen LogP) is 4.76. The van der Waals surface area contributed by atoms with Gasteiger partial charge in [0.25, 0.3) is 5.91 Å². The van der Waals surface area contributed by atoms with Crippen LogP contribution < -0.4 is 5.32 Å². The topological polar surface area (TPSA) is 58.1 Å². The van der Waals surface area contributed by atoms with Crippen molar-refractivity contribution in [3.8, 4) is 0 Å². The van der Waals surface area contributed by atoms with Gasteiger partial charge in [-0.1, -0.05) is 18.5 Å². The molecule has 0 radical (unpaired) electrons. The second kappa shape index (κ2) is 7.72. The maximum Gasteiger partial charge on any atom is 0.418 e. The number of carbonyl (C=O) groups is 1. The standard InChI is InChI=1S/C18H18ClF3N4O/c1-11-5-8-26(9-6-11)16(27)15-4-7-23-17(25-15)24-14-3-2-12(19)10-13(14)18(20,21)22/h2-4,7,10-11H,5-6,8-9H2,1H3,(H,23,24,25). The summed E-state index contributed by atoms with van der Waals surface area (Å²) in [5.74, 6) is 0.237. The van der Waals surface area contributed by atoms with Crippen LogP contribution in [0.5, 0.6) is 0 Å². The number of hydrogen-bond donors (Lipinski definition) is 1. The summed E-state index contributed by atoms with van der Waals surface area (Å²) in [6.45, 7) is 3.42. The van der Waals surface area contributed by atoms with Crippen molar-refractivity contribution in [2.45, 2.75) is 25.9 Å². The Hall–Kier alpha value is -2.35. The van der Waals surface area contributed by atoms with Gasteiger partial charge in [-0.2, -0.15) is 13.2 Å². The predicted molar refractivity (Wildman–Crippen MR) is 96.1 cm³/mol. The molecule has 0 bridgehead atoms. The lowest BCUT2D eigenvalue weighted by atomic mass is 9.99. The quantitative estimate of drug-likeness (QED) is 0.809. The number of nitrogens with one attached hydrogen (secondary N) is 1. The summed E-state index contributed by atoms with van der Waals surface area (Å²) in [7, 11) is 0. The van der Waals surface area contributed by atoms with Gasteiger partial charge in [-0.15, -0.1) is 0 Å². The van der Waals surface area contributed by atoms with E-state index in [-0.39, 0.29) is 28.3 Å². The van der Waals surface area contributed by atoms with Crippen molar-refractivity contribution in [2.75, 3.05) is 18.4 Å². The molecular formula is C18H18ClF3N4O. The minimum atomic E-state index is -4.59. The van der Waals surface area contributed by atoms with Gasteiger partial charge in [0.2, 0.25) is 5.95 Å². The zero-order chi connectivity index (χ0) is 19.6. The Morgan fingerprint density at radius 1 is 1.26 bits per heavy atom. The summed E-state index contributed by atoms with van der Waals surface area (Å²) < 4.78 is 39.6. The molecule has 1 saturated heterocycles. The van der Waals surface area contributed by atoms with Gasteiger partial charge >= 0.3 is 6.18 Å². The van der Waals surface area contributed by atoms with Crippen molar-refractivity contribution in [2.24, 2.45) is 5.92 Å². The Bertz CT molecular complexity index is 836. The number of piperidine rings is 1. The summed E-state index contributed by atoms with van der Waals surface area (Å²) in [6, 6.07) is 4.82. The van der Waals surface area contributed by atoms with E-state index >= 15 is 0 Å². The smallest absolute Gasteiger partial charge is 0.337 e. The zero-order valence-corrected chi connectivity index (χ0v) is 15.3. The van der Waals surface area contributed by atoms with E-state index in [0.29, 0.717) is 19.0 Å². The van der Waals surface area contributed by atoms with Crippen LogP contribution in [-0.2, 0) is 6.18 Å². The average Bonchev–Trinajstić information content (AvgIpc) is 2.63. The highest BCUT2D eigenvalue weighted by molar-refractivity contribution is 6.30. The van der Waals surface area contributed by atoms with Gasteiger partial charge in [-0.05, 0) is 43.0 Å². The number of likely N-dealkylation sites (tertiary alicyclic amines) is 1. The van der Waals surface area contributed by atoms with E-state index in [9.17, 15) is 18.0 Å². The molecule has 0 spiro atoms. The molecule has 144 valence electrons. The molecule has 9 heteroatoms. The van der Waals surface area contributed by atoms with Crippen molar-refractivity contribution in [3.63, 3.8) is 0 Å². The molecule has 2 aromatic rings. The first-order valence-corrected chi connectivity index (χ1v) is 8.88. The Morgan fingerprint density at radius 2 is 1.96 bits per heavy atom. The average molecular weight is 399 g/mol. The Labute approximate surface area is 159 Å². The fourth-order valence-corrected chi connectivity index (χ4v) is 3.06. The van der Waals surface area contributed by atoms with Crippen molar-refractivity contribution >= 4 is 29.1 Å². The first-order valence-electron chi connectivity index (χ1n) is 8.50. The Kier molecular flexibility index (Phi) is 5.55. The van der Waals surface area contributed by atoms with Gasteiger partial charge in [0.15, 0.2) is 0 Å². The van der Waals surface area contributed by atoms with Crippen molar-refractivity contribution in [1.29, 1.82) is 0 Å². The number of anilines is 2. The highest BCUT2D eigenvalue weighted by atomic mass is 35.5. The van der Waals surface area contributed by atoms with E-state index in [1.165, 1.54) is 24.4 Å². The number of hydrogen-bond acceptors (Lipinski definition) is 4. The van der Waals surface area contributed by atoms with Crippen LogP contribution in [0, 0.1) is 5.92 Å². The molecule has 0 aliphatic carbocycles. The second-order valence-electron chi connectivity index (χ2n) is 6.55. The highest BCUT2D eigenvalue weighted by Crippen LogP contribution is 2.37. The summed E-state index contributed by atoms with van der Waals surface area (Å²) >= 11 is 5.68. The molecule has 1 aromatic carbocycles. The SMILES string of the molecule is CC1CCN(C(=O)c2ccnc(Nc3ccc(Cl)cc3C(F)(F)F)n2)CC1. The first kappa shape index (κ1) is 19.4. The largest absolute Gasteiger partial charge is 0.418 e. The van der Waals surface area contributed by atoms with Gasteiger partial charge in [0.05, 0.1) is 11.3 Å². The van der Waals surface area contributed by atoms with Gasteiger partial charge < -0.3 is 10.2 Å². The summed E-state index contributed by atoms with van der Waals surface area (Å²) in [5, 5.41) is 2.51. The maximum absolute atomic E-state index is 13.2. The summed E-state index contributed by atoms with van der Waals surface area (Å²) in [5.41, 5.74) is -1.02. The molecule has 1 aliphatic rings. The van der Waals surface area contributed by atoms with E-state index in [2.05, 4.69) is 22.2 Å². The van der Waals surface area contributed by atoms with Gasteiger partial charge in [-0.3, -0.25) is 4.79 Å². The fourth-order valence-electron chi connectivity index (χ4n) is 2.89. The van der Waals surface area contributed by atoms with Crippen LogP contribution in [0.2, 0.25) is 5.02 Å². The number of halogens is 4. The van der Waals surface area contributed by atoms with Gasteiger partial charge in [0.1, 0.15) is 5.69 Å². The summed E-state index contributed by atoms with van der Waals surface area (Å²) in [4.78, 5) is 22.3. The first-order chi connectivity index (χ1) is 12.7. The molecule has 0 unspecified atom stereocenters. The molecule has 5 nitrogen and oxygen atoms in total. The third kappa shape index (κ3) is 4.68. The zero-order valence-electron chi connectivity index (χ0n) is 14.6. The molecule has 0 saturated carbocycles. The number of carbonyl (C=O) groups excluding carboxylic acids is 1. The van der Waals surface area contributed by atoms with Crippen molar-refractivity contribution in [3.05, 3.63) is 46.7 Å². The van der Waals surface area contributed by atoms with Crippen LogP contribution >= 0.6 is 11.6 Å². The van der Waals surface area contributed by atoms with Crippen molar-refractivity contribution in [1.82, 2.24) is 14.9 Å². The van der Waals surface area contributed by atoms with Crippen LogP contribution in [0.3, 0.4) is 0 Å². The minimum absolute atomic E-state index is 0.0305. The van der Waals surface area contributed by atoms with Gasteiger partial charge in [-0.25, -0.2) is 9.97 Å². The molecule has 1 fully saturated rings. The third-order valence-electron chi connectivity index (χ3n) is 4.48. The molecule has 1 aromatic heterocycles. The maximum atomic E-state index is 13.2. The third-order valence-corrected chi connectivity index (χ3v) is 4.71. The summed E-state index contributed by atoms with van der Waals surface area (Å²) in [6.07, 6.45) is -1.41. The van der Waals surface area contributed by atoms with Crippen LogP contribution in [0.4, 0.5) is 24.8 Å². The number of alkyl halides is 3. The van der Waals surface area contributed by atoms with Crippen LogP contribution in [-0.4, -0.2) is 33.9 Å². The Balaban J connectivity index is 1.82. The molecule has 3 rings (SSSR count). The van der Waals surface area contributed by atoms with E-state index in [1.807, 2.05) is 0 Å². The molecule has 1 amide bonds. The lowest BCUT2D eigenvalue weighted by Gasteiger charge is -2.30. The second-order valence-corrected chi connectivity index (χ2v) is 6.99. The van der Waals surface area contributed by atoms with Crippen LogP contribution in [0.15, 0.2) is 30.5 Å². The lowest BCUT2D eigenvalue weighted by molar-refractivity contribution is -0.136. The van der Waals surface area contributed by atoms with E-state index in [4.69, 9.17) is 11.6 Å². The van der Waals surface area contributed by atoms with E-state index < -0.39 is 11.7 Å². The van der Waals surface area contributed by atoms with Crippen LogP contribution in [0.25, 0.3) is 0 Å². The molecule has 1 N–H and O–H groups in total. The number of amides is 1. The number of rotatable bonds is 3. The molecule has 2 heterocycles. The van der Waals surface area contributed by atoms with E-state index in [1.54, 1.807) is 4.90 Å². The molecule has 27 heavy (non-hydrogen) atoms. The van der Waals surface area contributed by atoms with E-state index in [0.717, 1.165) is 18.9 Å². The Morgan fingerprint density at radius 3 is 2.63 bits per heavy atom. The van der Waals surface area contributed by atoms with Crippen LogP contribution in [0.1, 0.15) is 35.8 Å². The number of aromatic nitrogens is 2. The molecule has 1 aliphatic heterocycles. The molecule has 0 atom stereocenters. The molecular weight excluding hydrogens is 381 g/mol. The highest BCUT2D eigenvalue weighted by Gasteiger charge is 2.34. The normalized spacial score (nSPS) is 15.7. The number of benzene rings is 1. The fraction of sp³-hybridized carbons (Fsp3) is 0.389. The van der Waals surface area contributed by atoms with Gasteiger partial charge in [0, 0.05) is 24.3 Å². The lowest BCUT2D eigenvalue weighted by Crippen LogP contribution is -2.38.